The van der Waals surface area contributed by atoms with Gasteiger partial charge in [-0.05, 0) is 24.8 Å². The van der Waals surface area contributed by atoms with E-state index in [1.54, 1.807) is 0 Å². The van der Waals surface area contributed by atoms with E-state index in [1.165, 1.54) is 6.42 Å². The van der Waals surface area contributed by atoms with Gasteiger partial charge in [0.2, 0.25) is 11.8 Å². The lowest BCUT2D eigenvalue weighted by Gasteiger charge is -2.42. The Hall–Kier alpha value is -1.68. The molecule has 0 aromatic heterocycles. The van der Waals surface area contributed by atoms with Crippen LogP contribution in [-0.2, 0) is 16.0 Å². The summed E-state index contributed by atoms with van der Waals surface area (Å²) in [7, 11) is 0. The summed E-state index contributed by atoms with van der Waals surface area (Å²) in [5.41, 5.74) is 0.589. The second-order valence-electron chi connectivity index (χ2n) is 5.85. The summed E-state index contributed by atoms with van der Waals surface area (Å²) >= 11 is 0. The Morgan fingerprint density at radius 1 is 1.05 bits per heavy atom. The highest BCUT2D eigenvalue weighted by molar-refractivity contribution is 6.05. The van der Waals surface area contributed by atoms with E-state index in [0.717, 1.165) is 31.2 Å². The lowest BCUT2D eigenvalue weighted by atomic mass is 9.78. The fourth-order valence-electron chi connectivity index (χ4n) is 3.30. The summed E-state index contributed by atoms with van der Waals surface area (Å²) < 4.78 is 0. The van der Waals surface area contributed by atoms with Crippen molar-refractivity contribution in [3.8, 4) is 0 Å². The van der Waals surface area contributed by atoms with Crippen LogP contribution in [0.15, 0.2) is 30.3 Å². The molecule has 20 heavy (non-hydrogen) atoms. The minimum Gasteiger partial charge on any atom is -0.293 e. The molecule has 1 atom stereocenters. The van der Waals surface area contributed by atoms with Gasteiger partial charge in [-0.1, -0.05) is 49.6 Å². The van der Waals surface area contributed by atoms with Crippen molar-refractivity contribution in [3.05, 3.63) is 35.9 Å². The molecule has 2 amide bonds. The lowest BCUT2D eigenvalue weighted by molar-refractivity contribution is -0.142. The van der Waals surface area contributed by atoms with Crippen molar-refractivity contribution >= 4 is 11.8 Å². The Morgan fingerprint density at radius 3 is 2.45 bits per heavy atom. The van der Waals surface area contributed by atoms with E-state index in [2.05, 4.69) is 10.6 Å². The number of hydrogen-bond acceptors (Lipinski definition) is 3. The summed E-state index contributed by atoms with van der Waals surface area (Å²) in [4.78, 5) is 24.2. The fraction of sp³-hybridized carbons (Fsp3) is 0.500. The molecule has 1 aromatic carbocycles. The molecule has 2 N–H and O–H groups in total. The van der Waals surface area contributed by atoms with Crippen LogP contribution in [0.5, 0.6) is 0 Å². The first-order valence-corrected chi connectivity index (χ1v) is 7.37. The molecule has 1 aromatic rings. The van der Waals surface area contributed by atoms with Gasteiger partial charge in [0.25, 0.3) is 0 Å². The van der Waals surface area contributed by atoms with Gasteiger partial charge >= 0.3 is 0 Å². The van der Waals surface area contributed by atoms with Crippen molar-refractivity contribution < 1.29 is 9.59 Å². The smallest absolute Gasteiger partial charge is 0.246 e. The molecule has 1 aliphatic carbocycles. The zero-order valence-electron chi connectivity index (χ0n) is 11.5. The van der Waals surface area contributed by atoms with Gasteiger partial charge in [0.1, 0.15) is 0 Å². The van der Waals surface area contributed by atoms with E-state index < -0.39 is 5.54 Å². The Bertz CT molecular complexity index is 506. The molecule has 1 heterocycles. The maximum Gasteiger partial charge on any atom is 0.246 e. The number of carbonyl (C=O) groups is 2. The molecule has 0 bridgehead atoms. The van der Waals surface area contributed by atoms with Gasteiger partial charge in [0.05, 0.1) is 11.6 Å². The summed E-state index contributed by atoms with van der Waals surface area (Å²) in [6.07, 6.45) is 5.56. The highest BCUT2D eigenvalue weighted by Crippen LogP contribution is 2.31. The topological polar surface area (TPSA) is 58.2 Å². The first kappa shape index (κ1) is 13.3. The second kappa shape index (κ2) is 5.37. The molecule has 2 fully saturated rings. The molecular weight excluding hydrogens is 252 g/mol. The third-order valence-corrected chi connectivity index (χ3v) is 4.43. The molecule has 0 radical (unpaired) electrons. The Balaban J connectivity index is 1.77. The van der Waals surface area contributed by atoms with Gasteiger partial charge in [0.15, 0.2) is 0 Å². The van der Waals surface area contributed by atoms with Crippen LogP contribution in [-0.4, -0.2) is 23.4 Å². The van der Waals surface area contributed by atoms with E-state index in [9.17, 15) is 9.59 Å². The predicted molar refractivity (Wildman–Crippen MR) is 76.0 cm³/mol. The summed E-state index contributed by atoms with van der Waals surface area (Å²) in [6, 6.07) is 9.62. The predicted octanol–water partition coefficient (Wildman–Crippen LogP) is 1.55. The van der Waals surface area contributed by atoms with Gasteiger partial charge in [-0.3, -0.25) is 20.2 Å². The maximum absolute atomic E-state index is 12.2. The van der Waals surface area contributed by atoms with E-state index >= 15 is 0 Å². The third-order valence-electron chi connectivity index (χ3n) is 4.43. The molecule has 106 valence electrons. The van der Waals surface area contributed by atoms with Gasteiger partial charge < -0.3 is 0 Å². The number of amides is 2. The number of imide groups is 1. The average molecular weight is 272 g/mol. The monoisotopic (exact) mass is 272 g/mol. The standard InChI is InChI=1S/C16H20N2O2/c19-14-13(11-12-7-3-1-4-8-12)18-16(15(20)17-14)9-5-2-6-10-16/h1,3-4,7-8,13,18H,2,5-6,9-11H2,(H,17,19,20)/t13-/m0/s1. The van der Waals surface area contributed by atoms with Crippen LogP contribution >= 0.6 is 0 Å². The molecule has 1 spiro atoms. The normalized spacial score (nSPS) is 25.5. The number of rotatable bonds is 2. The van der Waals surface area contributed by atoms with Crippen LogP contribution < -0.4 is 10.6 Å². The molecule has 1 saturated carbocycles. The van der Waals surface area contributed by atoms with Crippen LogP contribution in [0, 0.1) is 0 Å². The van der Waals surface area contributed by atoms with E-state index in [1.807, 2.05) is 30.3 Å². The van der Waals surface area contributed by atoms with Crippen molar-refractivity contribution in [1.82, 2.24) is 10.6 Å². The molecule has 0 unspecified atom stereocenters. The summed E-state index contributed by atoms with van der Waals surface area (Å²) in [6.45, 7) is 0. The van der Waals surface area contributed by atoms with Crippen LogP contribution in [0.2, 0.25) is 0 Å². The number of hydrogen-bond donors (Lipinski definition) is 2. The Kier molecular flexibility index (Phi) is 3.57. The molecule has 2 aliphatic rings. The highest BCUT2D eigenvalue weighted by atomic mass is 16.2. The number of benzene rings is 1. The second-order valence-corrected chi connectivity index (χ2v) is 5.85. The Labute approximate surface area is 118 Å². The van der Waals surface area contributed by atoms with Gasteiger partial charge in [-0.2, -0.15) is 0 Å². The average Bonchev–Trinajstić information content (AvgIpc) is 2.47. The number of nitrogens with one attached hydrogen (secondary N) is 2. The molecule has 4 nitrogen and oxygen atoms in total. The van der Waals surface area contributed by atoms with Crippen molar-refractivity contribution in [2.45, 2.75) is 50.1 Å². The van der Waals surface area contributed by atoms with Gasteiger partial charge in [0, 0.05) is 0 Å². The van der Waals surface area contributed by atoms with Crippen molar-refractivity contribution in [2.75, 3.05) is 0 Å². The van der Waals surface area contributed by atoms with Crippen LogP contribution in [0.25, 0.3) is 0 Å². The SMILES string of the molecule is O=C1NC(=O)C2(CCCCC2)N[C@H]1Cc1ccccc1. The molecule has 3 rings (SSSR count). The summed E-state index contributed by atoms with van der Waals surface area (Å²) in [5.74, 6) is -0.332. The quantitative estimate of drug-likeness (QED) is 0.803. The first-order valence-electron chi connectivity index (χ1n) is 7.37. The number of piperazine rings is 1. The lowest BCUT2D eigenvalue weighted by Crippen LogP contribution is -2.70. The van der Waals surface area contributed by atoms with Crippen molar-refractivity contribution in [2.24, 2.45) is 0 Å². The molecular formula is C16H20N2O2. The van der Waals surface area contributed by atoms with E-state index in [4.69, 9.17) is 0 Å². The molecule has 1 saturated heterocycles. The van der Waals surface area contributed by atoms with Crippen LogP contribution in [0.3, 0.4) is 0 Å². The van der Waals surface area contributed by atoms with Crippen LogP contribution in [0.1, 0.15) is 37.7 Å². The largest absolute Gasteiger partial charge is 0.293 e. The minimum absolute atomic E-state index is 0.133. The van der Waals surface area contributed by atoms with Crippen molar-refractivity contribution in [1.29, 1.82) is 0 Å². The van der Waals surface area contributed by atoms with Crippen molar-refractivity contribution in [3.63, 3.8) is 0 Å². The van der Waals surface area contributed by atoms with E-state index in [-0.39, 0.29) is 17.9 Å². The Morgan fingerprint density at radius 2 is 1.75 bits per heavy atom. The maximum atomic E-state index is 12.2. The first-order chi connectivity index (χ1) is 9.70. The van der Waals surface area contributed by atoms with Gasteiger partial charge in [-0.15, -0.1) is 0 Å². The molecule has 4 heteroatoms. The highest BCUT2D eigenvalue weighted by Gasteiger charge is 2.46. The third kappa shape index (κ3) is 2.48. The zero-order chi connectivity index (χ0) is 14.0. The molecule has 1 aliphatic heterocycles. The zero-order valence-corrected chi connectivity index (χ0v) is 11.5. The van der Waals surface area contributed by atoms with E-state index in [0.29, 0.717) is 6.42 Å². The number of carbonyl (C=O) groups excluding carboxylic acids is 2. The summed E-state index contributed by atoms with van der Waals surface area (Å²) in [5, 5.41) is 5.93. The van der Waals surface area contributed by atoms with Gasteiger partial charge in [-0.25, -0.2) is 0 Å². The minimum atomic E-state index is -0.522. The fourth-order valence-corrected chi connectivity index (χ4v) is 3.30. The van der Waals surface area contributed by atoms with Crippen LogP contribution in [0.4, 0.5) is 0 Å².